The molecule has 0 unspecified atom stereocenters. The third-order valence-corrected chi connectivity index (χ3v) is 4.21. The van der Waals surface area contributed by atoms with E-state index >= 15 is 0 Å². The van der Waals surface area contributed by atoms with Crippen LogP contribution in [-0.2, 0) is 0 Å². The summed E-state index contributed by atoms with van der Waals surface area (Å²) in [4.78, 5) is 10.1. The molecule has 106 valence electrons. The van der Waals surface area contributed by atoms with Gasteiger partial charge in [-0.2, -0.15) is 0 Å². The Bertz CT molecular complexity index is 785. The molecule has 0 bridgehead atoms. The van der Waals surface area contributed by atoms with E-state index in [1.165, 1.54) is 16.9 Å². The molecule has 0 spiro atoms. The van der Waals surface area contributed by atoms with Gasteiger partial charge in [-0.3, -0.25) is 4.98 Å². The second kappa shape index (κ2) is 5.30. The van der Waals surface area contributed by atoms with Gasteiger partial charge in [0, 0.05) is 17.0 Å². The second-order valence-corrected chi connectivity index (χ2v) is 6.27. The average molecular weight is 295 g/mol. The molecule has 3 rings (SSSR count). The molecule has 0 aliphatic rings. The molecular formula is C17H17N3S. The summed E-state index contributed by atoms with van der Waals surface area (Å²) in [5.41, 5.74) is 12.3. The number of rotatable bonds is 2. The van der Waals surface area contributed by atoms with Crippen molar-refractivity contribution in [2.24, 2.45) is 0 Å². The lowest BCUT2D eigenvalue weighted by Crippen LogP contribution is -1.90. The molecule has 0 radical (unpaired) electrons. The first-order valence-corrected chi connectivity index (χ1v) is 7.63. The van der Waals surface area contributed by atoms with Crippen LogP contribution >= 0.6 is 11.3 Å². The Morgan fingerprint density at radius 2 is 1.62 bits per heavy atom. The van der Waals surface area contributed by atoms with E-state index in [1.807, 2.05) is 13.8 Å². The Hall–Kier alpha value is -2.20. The van der Waals surface area contributed by atoms with Gasteiger partial charge in [0.25, 0.3) is 0 Å². The van der Waals surface area contributed by atoms with E-state index in [1.54, 1.807) is 0 Å². The topological polar surface area (TPSA) is 51.8 Å². The van der Waals surface area contributed by atoms with Gasteiger partial charge in [0.05, 0.1) is 10.6 Å². The van der Waals surface area contributed by atoms with E-state index in [-0.39, 0.29) is 0 Å². The van der Waals surface area contributed by atoms with Crippen molar-refractivity contribution in [2.45, 2.75) is 20.8 Å². The molecule has 0 amide bonds. The molecule has 21 heavy (non-hydrogen) atoms. The van der Waals surface area contributed by atoms with Crippen LogP contribution in [0.25, 0.3) is 21.7 Å². The zero-order chi connectivity index (χ0) is 15.0. The number of nitrogens with two attached hydrogens (primary N) is 1. The van der Waals surface area contributed by atoms with Crippen molar-refractivity contribution < 1.29 is 0 Å². The molecule has 4 heteroatoms. The largest absolute Gasteiger partial charge is 0.375 e. The summed E-state index contributed by atoms with van der Waals surface area (Å²) in [6.45, 7) is 6.09. The van der Waals surface area contributed by atoms with E-state index < -0.39 is 0 Å². The third-order valence-electron chi connectivity index (χ3n) is 3.28. The molecule has 0 aliphatic carbocycles. The van der Waals surface area contributed by atoms with Crippen LogP contribution in [0, 0.1) is 20.8 Å². The van der Waals surface area contributed by atoms with E-state index in [9.17, 15) is 0 Å². The summed E-state index contributed by atoms with van der Waals surface area (Å²) < 4.78 is 0. The number of aryl methyl sites for hydroxylation is 3. The number of pyridine rings is 1. The summed E-state index contributed by atoms with van der Waals surface area (Å²) in [6.07, 6.45) is 0. The Kier molecular flexibility index (Phi) is 3.47. The van der Waals surface area contributed by atoms with Crippen LogP contribution in [0.3, 0.4) is 0 Å². The number of benzene rings is 1. The Labute approximate surface area is 128 Å². The SMILES string of the molecule is Cc1cccc(-c2sc(N)nc2-c2cc(C)nc(C)c2)c1. The summed E-state index contributed by atoms with van der Waals surface area (Å²) in [6, 6.07) is 12.5. The molecule has 3 nitrogen and oxygen atoms in total. The minimum atomic E-state index is 0.591. The van der Waals surface area contributed by atoms with Gasteiger partial charge >= 0.3 is 0 Å². The van der Waals surface area contributed by atoms with Crippen LogP contribution in [-0.4, -0.2) is 9.97 Å². The highest BCUT2D eigenvalue weighted by Gasteiger charge is 2.14. The van der Waals surface area contributed by atoms with Crippen molar-refractivity contribution in [1.29, 1.82) is 0 Å². The van der Waals surface area contributed by atoms with Crippen molar-refractivity contribution in [3.63, 3.8) is 0 Å². The average Bonchev–Trinajstić information content (AvgIpc) is 2.80. The number of thiazole rings is 1. The number of nitrogen functional groups attached to an aromatic ring is 1. The molecule has 0 atom stereocenters. The fourth-order valence-electron chi connectivity index (χ4n) is 2.49. The fraction of sp³-hybridized carbons (Fsp3) is 0.176. The first kappa shape index (κ1) is 13.8. The molecule has 2 N–H and O–H groups in total. The lowest BCUT2D eigenvalue weighted by atomic mass is 10.0. The number of hydrogen-bond donors (Lipinski definition) is 1. The highest BCUT2D eigenvalue weighted by Crippen LogP contribution is 2.38. The van der Waals surface area contributed by atoms with Gasteiger partial charge in [-0.25, -0.2) is 4.98 Å². The third kappa shape index (κ3) is 2.81. The van der Waals surface area contributed by atoms with E-state index in [2.05, 4.69) is 53.3 Å². The maximum Gasteiger partial charge on any atom is 0.181 e. The van der Waals surface area contributed by atoms with Crippen LogP contribution in [0.1, 0.15) is 17.0 Å². The predicted molar refractivity (Wildman–Crippen MR) is 89.4 cm³/mol. The standard InChI is InChI=1S/C17H17N3S/c1-10-5-4-6-13(7-10)16-15(20-17(18)21-16)14-8-11(2)19-12(3)9-14/h4-9H,1-3H3,(H2,18,20). The second-order valence-electron chi connectivity index (χ2n) is 5.24. The van der Waals surface area contributed by atoms with E-state index in [4.69, 9.17) is 5.73 Å². The van der Waals surface area contributed by atoms with Gasteiger partial charge in [0.1, 0.15) is 0 Å². The molecule has 0 aliphatic heterocycles. The monoisotopic (exact) mass is 295 g/mol. The number of aromatic nitrogens is 2. The van der Waals surface area contributed by atoms with Gasteiger partial charge in [-0.05, 0) is 38.5 Å². The summed E-state index contributed by atoms with van der Waals surface area (Å²) in [7, 11) is 0. The number of hydrogen-bond acceptors (Lipinski definition) is 4. The lowest BCUT2D eigenvalue weighted by molar-refractivity contribution is 1.12. The first-order chi connectivity index (χ1) is 10.0. The van der Waals surface area contributed by atoms with Crippen molar-refractivity contribution >= 4 is 16.5 Å². The van der Waals surface area contributed by atoms with E-state index in [0.29, 0.717) is 5.13 Å². The zero-order valence-electron chi connectivity index (χ0n) is 12.3. The van der Waals surface area contributed by atoms with Crippen LogP contribution in [0.5, 0.6) is 0 Å². The highest BCUT2D eigenvalue weighted by molar-refractivity contribution is 7.19. The van der Waals surface area contributed by atoms with Gasteiger partial charge < -0.3 is 5.73 Å². The quantitative estimate of drug-likeness (QED) is 0.763. The van der Waals surface area contributed by atoms with Crippen molar-refractivity contribution in [2.75, 3.05) is 5.73 Å². The zero-order valence-corrected chi connectivity index (χ0v) is 13.2. The summed E-state index contributed by atoms with van der Waals surface area (Å²) >= 11 is 1.53. The maximum atomic E-state index is 5.96. The molecule has 1 aromatic carbocycles. The van der Waals surface area contributed by atoms with Gasteiger partial charge in [0.15, 0.2) is 5.13 Å². The molecule has 2 heterocycles. The number of anilines is 1. The normalized spacial score (nSPS) is 10.8. The Balaban J connectivity index is 2.20. The van der Waals surface area contributed by atoms with Gasteiger partial charge in [0.2, 0.25) is 0 Å². The molecule has 3 aromatic rings. The Morgan fingerprint density at radius 3 is 2.29 bits per heavy atom. The first-order valence-electron chi connectivity index (χ1n) is 6.82. The molecular weight excluding hydrogens is 278 g/mol. The van der Waals surface area contributed by atoms with Crippen LogP contribution in [0.15, 0.2) is 36.4 Å². The molecule has 0 saturated carbocycles. The smallest absolute Gasteiger partial charge is 0.181 e. The maximum absolute atomic E-state index is 5.96. The highest BCUT2D eigenvalue weighted by atomic mass is 32.1. The van der Waals surface area contributed by atoms with Crippen LogP contribution < -0.4 is 5.73 Å². The lowest BCUT2D eigenvalue weighted by Gasteiger charge is -2.06. The molecule has 0 fully saturated rings. The molecule has 2 aromatic heterocycles. The Morgan fingerprint density at radius 1 is 0.905 bits per heavy atom. The van der Waals surface area contributed by atoms with Crippen molar-refractivity contribution in [3.8, 4) is 21.7 Å². The van der Waals surface area contributed by atoms with Crippen LogP contribution in [0.4, 0.5) is 5.13 Å². The van der Waals surface area contributed by atoms with Crippen LogP contribution in [0.2, 0.25) is 0 Å². The molecule has 0 saturated heterocycles. The van der Waals surface area contributed by atoms with Crippen molar-refractivity contribution in [1.82, 2.24) is 9.97 Å². The van der Waals surface area contributed by atoms with E-state index in [0.717, 1.165) is 33.1 Å². The van der Waals surface area contributed by atoms with Gasteiger partial charge in [-0.1, -0.05) is 41.2 Å². The summed E-state index contributed by atoms with van der Waals surface area (Å²) in [5, 5.41) is 0.591. The minimum absolute atomic E-state index is 0.591. The summed E-state index contributed by atoms with van der Waals surface area (Å²) in [5.74, 6) is 0. The van der Waals surface area contributed by atoms with Gasteiger partial charge in [-0.15, -0.1) is 0 Å². The fourth-order valence-corrected chi connectivity index (χ4v) is 3.34. The predicted octanol–water partition coefficient (Wildman–Crippen LogP) is 4.38. The number of nitrogens with zero attached hydrogens (tertiary/aromatic N) is 2. The minimum Gasteiger partial charge on any atom is -0.375 e. The van der Waals surface area contributed by atoms with Crippen molar-refractivity contribution in [3.05, 3.63) is 53.3 Å².